The third-order valence-electron chi connectivity index (χ3n) is 5.71. The summed E-state index contributed by atoms with van der Waals surface area (Å²) in [6.45, 7) is 2.58. The van der Waals surface area contributed by atoms with Crippen LogP contribution in [0.4, 0.5) is 10.9 Å². The Morgan fingerprint density at radius 1 is 1.11 bits per heavy atom. The molecule has 1 saturated heterocycles. The fourth-order valence-corrected chi connectivity index (χ4v) is 5.94. The van der Waals surface area contributed by atoms with Crippen molar-refractivity contribution in [1.82, 2.24) is 28.6 Å². The highest BCUT2D eigenvalue weighted by atomic mass is 35.5. The van der Waals surface area contributed by atoms with E-state index in [1.807, 2.05) is 43.3 Å². The molecule has 4 aromatic rings. The van der Waals surface area contributed by atoms with Gasteiger partial charge in [-0.1, -0.05) is 17.8 Å². The van der Waals surface area contributed by atoms with Crippen molar-refractivity contribution in [2.45, 2.75) is 35.6 Å². The summed E-state index contributed by atoms with van der Waals surface area (Å²) in [4.78, 5) is 18.8. The van der Waals surface area contributed by atoms with E-state index in [0.717, 1.165) is 15.6 Å². The molecule has 1 aliphatic rings. The molecule has 5 rings (SSSR count). The van der Waals surface area contributed by atoms with E-state index in [1.165, 1.54) is 27.6 Å². The number of piperidine rings is 1. The molecular weight excluding hydrogens is 568 g/mol. The highest BCUT2D eigenvalue weighted by Gasteiger charge is 2.28. The molecule has 11 nitrogen and oxygen atoms in total. The van der Waals surface area contributed by atoms with Crippen molar-refractivity contribution in [2.24, 2.45) is 5.14 Å². The fraction of sp³-hybridized carbons (Fsp3) is 0.261. The van der Waals surface area contributed by atoms with Crippen LogP contribution in [0, 0.1) is 6.92 Å². The maximum Gasteiger partial charge on any atom is 0.276 e. The van der Waals surface area contributed by atoms with Crippen LogP contribution in [0.2, 0.25) is 0 Å². The maximum absolute atomic E-state index is 11.6. The topological polar surface area (TPSA) is 149 Å². The molecule has 0 aliphatic carbocycles. The van der Waals surface area contributed by atoms with Gasteiger partial charge in [-0.15, -0.1) is 12.4 Å². The quantitative estimate of drug-likeness (QED) is 0.299. The molecule has 3 N–H and O–H groups in total. The SMILES string of the molecule is Cc1ncccc1Oc1cc(Sc2ccccn2)cnc1Nc1nc(C2CCN(S(N)(=O)=O)CC2)ns1.Cl. The van der Waals surface area contributed by atoms with Gasteiger partial charge in [0.15, 0.2) is 11.6 Å². The van der Waals surface area contributed by atoms with Crippen molar-refractivity contribution in [3.05, 3.63) is 66.5 Å². The molecular formula is C23H25ClN8O3S3. The standard InChI is InChI=1S/C23H24N8O3S3.ClH/c1-15-18(5-4-10-25-15)34-19-13-17(35-20-6-2-3-9-26-20)14-27-22(19)29-23-28-21(30-36-23)16-7-11-31(12-8-16)37(24,32)33;/h2-6,9-10,13-14,16H,7-8,11-12H2,1H3,(H2,24,32,33)(H,27,28,29,30);1H. The lowest BCUT2D eigenvalue weighted by molar-refractivity contribution is 0.315. The predicted molar refractivity (Wildman–Crippen MR) is 149 cm³/mol. The molecule has 200 valence electrons. The van der Waals surface area contributed by atoms with Crippen molar-refractivity contribution in [1.29, 1.82) is 0 Å². The Labute approximate surface area is 235 Å². The first kappa shape index (κ1) is 28.1. The zero-order valence-electron chi connectivity index (χ0n) is 20.2. The first-order valence-electron chi connectivity index (χ1n) is 11.4. The van der Waals surface area contributed by atoms with Crippen LogP contribution in [-0.4, -0.2) is 50.1 Å². The van der Waals surface area contributed by atoms with Crippen LogP contribution >= 0.6 is 35.7 Å². The van der Waals surface area contributed by atoms with Crippen molar-refractivity contribution < 1.29 is 13.2 Å². The second-order valence-corrected chi connectivity index (χ2v) is 11.7. The molecule has 0 radical (unpaired) electrons. The van der Waals surface area contributed by atoms with Crippen LogP contribution in [0.15, 0.2) is 64.9 Å². The van der Waals surface area contributed by atoms with E-state index in [-0.39, 0.29) is 18.3 Å². The average Bonchev–Trinajstić information content (AvgIpc) is 3.36. The molecule has 1 aliphatic heterocycles. The molecule has 0 bridgehead atoms. The first-order valence-corrected chi connectivity index (χ1v) is 14.5. The van der Waals surface area contributed by atoms with Gasteiger partial charge >= 0.3 is 0 Å². The highest BCUT2D eigenvalue weighted by molar-refractivity contribution is 7.99. The fourth-order valence-electron chi connectivity index (χ4n) is 3.80. The van der Waals surface area contributed by atoms with Gasteiger partial charge in [-0.05, 0) is 44.0 Å². The summed E-state index contributed by atoms with van der Waals surface area (Å²) in [5.74, 6) is 2.35. The van der Waals surface area contributed by atoms with E-state index >= 15 is 0 Å². The van der Waals surface area contributed by atoms with E-state index in [1.54, 1.807) is 18.6 Å². The number of nitrogens with two attached hydrogens (primary N) is 1. The minimum atomic E-state index is -3.67. The van der Waals surface area contributed by atoms with Gasteiger partial charge < -0.3 is 10.1 Å². The van der Waals surface area contributed by atoms with Crippen molar-refractivity contribution >= 4 is 56.9 Å². The number of halogens is 1. The molecule has 0 atom stereocenters. The van der Waals surface area contributed by atoms with Gasteiger partial charge in [-0.3, -0.25) is 4.98 Å². The van der Waals surface area contributed by atoms with Gasteiger partial charge in [0.05, 0.1) is 5.69 Å². The van der Waals surface area contributed by atoms with Gasteiger partial charge in [-0.2, -0.15) is 17.1 Å². The molecule has 0 amide bonds. The van der Waals surface area contributed by atoms with Gasteiger partial charge in [0.1, 0.15) is 16.6 Å². The average molecular weight is 593 g/mol. The summed E-state index contributed by atoms with van der Waals surface area (Å²) >= 11 is 2.70. The molecule has 4 aromatic heterocycles. The number of nitrogens with zero attached hydrogens (tertiary/aromatic N) is 6. The Balaban J connectivity index is 0.00000336. The van der Waals surface area contributed by atoms with Crippen molar-refractivity contribution in [2.75, 3.05) is 18.4 Å². The lowest BCUT2D eigenvalue weighted by Gasteiger charge is -2.28. The molecule has 0 saturated carbocycles. The summed E-state index contributed by atoms with van der Waals surface area (Å²) in [7, 11) is -3.67. The summed E-state index contributed by atoms with van der Waals surface area (Å²) in [6.07, 6.45) is 6.42. The van der Waals surface area contributed by atoms with Crippen molar-refractivity contribution in [3.63, 3.8) is 0 Å². The number of anilines is 2. The number of hydrogen-bond donors (Lipinski definition) is 2. The number of rotatable bonds is 8. The second kappa shape index (κ2) is 12.3. The van der Waals surface area contributed by atoms with Crippen LogP contribution < -0.4 is 15.2 Å². The number of aromatic nitrogens is 5. The van der Waals surface area contributed by atoms with Gasteiger partial charge in [0, 0.05) is 60.1 Å². The number of hydrogen-bond acceptors (Lipinski definition) is 11. The third-order valence-corrected chi connectivity index (χ3v) is 8.35. The zero-order chi connectivity index (χ0) is 25.8. The van der Waals surface area contributed by atoms with E-state index < -0.39 is 10.2 Å². The molecule has 5 heterocycles. The monoisotopic (exact) mass is 592 g/mol. The van der Waals surface area contributed by atoms with Crippen LogP contribution in [0.25, 0.3) is 0 Å². The number of ether oxygens (including phenoxy) is 1. The Morgan fingerprint density at radius 2 is 1.89 bits per heavy atom. The smallest absolute Gasteiger partial charge is 0.276 e. The molecule has 0 aromatic carbocycles. The third kappa shape index (κ3) is 6.95. The zero-order valence-corrected chi connectivity index (χ0v) is 23.5. The van der Waals surface area contributed by atoms with E-state index in [2.05, 4.69) is 29.6 Å². The Kier molecular flexibility index (Phi) is 9.12. The van der Waals surface area contributed by atoms with E-state index in [9.17, 15) is 8.42 Å². The predicted octanol–water partition coefficient (Wildman–Crippen LogP) is 4.52. The van der Waals surface area contributed by atoms with Gasteiger partial charge in [0.25, 0.3) is 10.2 Å². The molecule has 0 unspecified atom stereocenters. The molecule has 1 fully saturated rings. The van der Waals surface area contributed by atoms with Crippen LogP contribution in [0.3, 0.4) is 0 Å². The number of pyridine rings is 3. The molecule has 15 heteroatoms. The number of aryl methyl sites for hydroxylation is 1. The summed E-state index contributed by atoms with van der Waals surface area (Å²) < 4.78 is 35.2. The van der Waals surface area contributed by atoms with Crippen LogP contribution in [0.5, 0.6) is 11.5 Å². The molecule has 0 spiro atoms. The van der Waals surface area contributed by atoms with Crippen LogP contribution in [0.1, 0.15) is 30.3 Å². The maximum atomic E-state index is 11.6. The minimum Gasteiger partial charge on any atom is -0.452 e. The normalized spacial score (nSPS) is 14.6. The minimum absolute atomic E-state index is 0. The lowest BCUT2D eigenvalue weighted by atomic mass is 9.98. The van der Waals surface area contributed by atoms with Crippen LogP contribution in [-0.2, 0) is 10.2 Å². The Hall–Kier alpha value is -2.88. The van der Waals surface area contributed by atoms with E-state index in [4.69, 9.17) is 9.88 Å². The second-order valence-electron chi connectivity index (χ2n) is 8.28. The number of nitrogens with one attached hydrogen (secondary N) is 1. The molecule has 38 heavy (non-hydrogen) atoms. The van der Waals surface area contributed by atoms with Crippen molar-refractivity contribution in [3.8, 4) is 11.5 Å². The van der Waals surface area contributed by atoms with E-state index in [0.29, 0.717) is 54.2 Å². The summed E-state index contributed by atoms with van der Waals surface area (Å²) in [6, 6.07) is 11.3. The van der Waals surface area contributed by atoms with Gasteiger partial charge in [-0.25, -0.2) is 20.1 Å². The summed E-state index contributed by atoms with van der Waals surface area (Å²) in [5.41, 5.74) is 0.750. The Bertz CT molecular complexity index is 1480. The van der Waals surface area contributed by atoms with Gasteiger partial charge in [0.2, 0.25) is 5.13 Å². The summed E-state index contributed by atoms with van der Waals surface area (Å²) in [5, 5.41) is 9.89. The highest BCUT2D eigenvalue weighted by Crippen LogP contribution is 2.37. The lowest BCUT2D eigenvalue weighted by Crippen LogP contribution is -2.41. The first-order chi connectivity index (χ1) is 17.8. The Morgan fingerprint density at radius 3 is 2.61 bits per heavy atom. The largest absolute Gasteiger partial charge is 0.452 e.